The number of nitrogens with two attached hydrogens (primary N) is 1. The Morgan fingerprint density at radius 3 is 2.42 bits per heavy atom. The number of nitrogens with zero attached hydrogens (tertiary/aromatic N) is 2. The van der Waals surface area contributed by atoms with Gasteiger partial charge in [0.15, 0.2) is 0 Å². The molecular formula is C14H14BrN3O. The summed E-state index contributed by atoms with van der Waals surface area (Å²) in [6, 6.07) is 13.6. The van der Waals surface area contributed by atoms with Crippen molar-refractivity contribution in [3.8, 4) is 0 Å². The zero-order chi connectivity index (χ0) is 13.9. The summed E-state index contributed by atoms with van der Waals surface area (Å²) >= 11 is 3.27. The molecule has 0 aliphatic rings. The molecule has 0 spiro atoms. The summed E-state index contributed by atoms with van der Waals surface area (Å²) in [6.07, 6.45) is 0.712. The van der Waals surface area contributed by atoms with Crippen LogP contribution in [0.4, 0.5) is 0 Å². The van der Waals surface area contributed by atoms with Gasteiger partial charge in [0.25, 0.3) is 0 Å². The molecule has 5 heteroatoms. The van der Waals surface area contributed by atoms with Crippen LogP contribution in [-0.4, -0.2) is 16.1 Å². The van der Waals surface area contributed by atoms with Gasteiger partial charge in [-0.25, -0.2) is 0 Å². The molecule has 4 nitrogen and oxygen atoms in total. The number of alkyl halides is 1. The van der Waals surface area contributed by atoms with E-state index in [-0.39, 0.29) is 0 Å². The molecule has 1 aromatic heterocycles. The number of hydrogen-bond acceptors (Lipinski definition) is 3. The molecule has 1 heterocycles. The summed E-state index contributed by atoms with van der Waals surface area (Å²) in [5.74, 6) is -0.488. The zero-order valence-electron chi connectivity index (χ0n) is 10.5. The number of benzene rings is 1. The van der Waals surface area contributed by atoms with Crippen molar-refractivity contribution in [3.05, 3.63) is 59.4 Å². The fourth-order valence-corrected chi connectivity index (χ4v) is 1.85. The molecule has 0 radical (unpaired) electrons. The van der Waals surface area contributed by atoms with Crippen LogP contribution in [0.1, 0.15) is 23.9 Å². The van der Waals surface area contributed by atoms with Crippen molar-refractivity contribution >= 4 is 21.8 Å². The van der Waals surface area contributed by atoms with Gasteiger partial charge in [-0.05, 0) is 24.6 Å². The fraction of sp³-hybridized carbons (Fsp3) is 0.214. The maximum absolute atomic E-state index is 11.3. The third kappa shape index (κ3) is 3.17. The van der Waals surface area contributed by atoms with Gasteiger partial charge in [0.05, 0.1) is 11.4 Å². The van der Waals surface area contributed by atoms with Gasteiger partial charge in [-0.2, -0.15) is 10.2 Å². The molecular weight excluding hydrogens is 306 g/mol. The van der Waals surface area contributed by atoms with Gasteiger partial charge in [-0.15, -0.1) is 0 Å². The monoisotopic (exact) mass is 319 g/mol. The largest absolute Gasteiger partial charge is 0.368 e. The van der Waals surface area contributed by atoms with Crippen molar-refractivity contribution in [2.75, 3.05) is 0 Å². The fourth-order valence-electron chi connectivity index (χ4n) is 1.64. The molecule has 0 aliphatic carbocycles. The Morgan fingerprint density at radius 1 is 1.21 bits per heavy atom. The van der Waals surface area contributed by atoms with Gasteiger partial charge < -0.3 is 5.73 Å². The second-order valence-electron chi connectivity index (χ2n) is 4.44. The average molecular weight is 320 g/mol. The van der Waals surface area contributed by atoms with Crippen molar-refractivity contribution in [1.29, 1.82) is 0 Å². The van der Waals surface area contributed by atoms with Crippen LogP contribution in [0.2, 0.25) is 0 Å². The minimum atomic E-state index is -0.981. The van der Waals surface area contributed by atoms with Gasteiger partial charge in [0, 0.05) is 6.42 Å². The molecule has 2 rings (SSSR count). The lowest BCUT2D eigenvalue weighted by Crippen LogP contribution is -2.33. The van der Waals surface area contributed by atoms with E-state index in [1.807, 2.05) is 36.4 Å². The molecule has 1 amide bonds. The Bertz CT molecular complexity index is 567. The SMILES string of the molecule is CC(Br)(C(N)=O)c1ccc(Cc2ccccc2)nn1. The summed E-state index contributed by atoms with van der Waals surface area (Å²) in [5.41, 5.74) is 7.84. The number of hydrogen-bond donors (Lipinski definition) is 1. The van der Waals surface area contributed by atoms with Gasteiger partial charge in [0.2, 0.25) is 5.91 Å². The predicted octanol–water partition coefficient (Wildman–Crippen LogP) is 2.16. The number of halogens is 1. The van der Waals surface area contributed by atoms with Crippen LogP contribution >= 0.6 is 15.9 Å². The lowest BCUT2D eigenvalue weighted by Gasteiger charge is -2.16. The van der Waals surface area contributed by atoms with E-state index in [1.165, 1.54) is 5.56 Å². The summed E-state index contributed by atoms with van der Waals surface area (Å²) in [5, 5.41) is 8.20. The minimum Gasteiger partial charge on any atom is -0.368 e. The molecule has 2 aromatic rings. The van der Waals surface area contributed by atoms with E-state index in [9.17, 15) is 4.79 Å². The van der Waals surface area contributed by atoms with E-state index < -0.39 is 10.2 Å². The van der Waals surface area contributed by atoms with Crippen LogP contribution in [0.15, 0.2) is 42.5 Å². The standard InChI is InChI=1S/C14H14BrN3O/c1-14(15,13(16)19)12-8-7-11(17-18-12)9-10-5-3-2-4-6-10/h2-8H,9H2,1H3,(H2,16,19). The highest BCUT2D eigenvalue weighted by Gasteiger charge is 2.31. The Kier molecular flexibility index (Phi) is 3.95. The molecule has 1 aromatic carbocycles. The summed E-state index contributed by atoms with van der Waals surface area (Å²) in [7, 11) is 0. The number of primary amides is 1. The van der Waals surface area contributed by atoms with Crippen LogP contribution in [0.25, 0.3) is 0 Å². The van der Waals surface area contributed by atoms with Crippen LogP contribution < -0.4 is 5.73 Å². The highest BCUT2D eigenvalue weighted by Crippen LogP contribution is 2.28. The maximum atomic E-state index is 11.3. The average Bonchev–Trinajstić information content (AvgIpc) is 2.40. The third-order valence-electron chi connectivity index (χ3n) is 2.89. The Labute approximate surface area is 120 Å². The first-order chi connectivity index (χ1) is 9.00. The molecule has 0 aliphatic heterocycles. The van der Waals surface area contributed by atoms with Gasteiger partial charge in [-0.1, -0.05) is 46.3 Å². The summed E-state index contributed by atoms with van der Waals surface area (Å²) in [4.78, 5) is 11.3. The second-order valence-corrected chi connectivity index (χ2v) is 6.03. The highest BCUT2D eigenvalue weighted by molar-refractivity contribution is 9.10. The van der Waals surface area contributed by atoms with E-state index >= 15 is 0 Å². The van der Waals surface area contributed by atoms with E-state index in [0.29, 0.717) is 12.1 Å². The summed E-state index contributed by atoms with van der Waals surface area (Å²) < 4.78 is -0.981. The lowest BCUT2D eigenvalue weighted by atomic mass is 10.1. The van der Waals surface area contributed by atoms with E-state index in [2.05, 4.69) is 26.1 Å². The smallest absolute Gasteiger partial charge is 0.240 e. The molecule has 19 heavy (non-hydrogen) atoms. The minimum absolute atomic E-state index is 0.488. The molecule has 0 fully saturated rings. The Balaban J connectivity index is 2.18. The van der Waals surface area contributed by atoms with E-state index in [4.69, 9.17) is 5.73 Å². The first-order valence-electron chi connectivity index (χ1n) is 5.86. The second kappa shape index (κ2) is 5.48. The molecule has 0 saturated carbocycles. The van der Waals surface area contributed by atoms with Crippen LogP contribution in [0.5, 0.6) is 0 Å². The lowest BCUT2D eigenvalue weighted by molar-refractivity contribution is -0.120. The molecule has 98 valence electrons. The Morgan fingerprint density at radius 2 is 1.89 bits per heavy atom. The molecule has 1 unspecified atom stereocenters. The van der Waals surface area contributed by atoms with E-state index in [1.54, 1.807) is 13.0 Å². The van der Waals surface area contributed by atoms with Crippen molar-refractivity contribution in [3.63, 3.8) is 0 Å². The first kappa shape index (κ1) is 13.7. The maximum Gasteiger partial charge on any atom is 0.240 e. The number of amides is 1. The van der Waals surface area contributed by atoms with Crippen molar-refractivity contribution in [2.45, 2.75) is 17.7 Å². The van der Waals surface area contributed by atoms with E-state index in [0.717, 1.165) is 5.69 Å². The summed E-state index contributed by atoms with van der Waals surface area (Å²) in [6.45, 7) is 1.66. The van der Waals surface area contributed by atoms with Crippen molar-refractivity contribution < 1.29 is 4.79 Å². The third-order valence-corrected chi connectivity index (χ3v) is 3.69. The van der Waals surface area contributed by atoms with Crippen LogP contribution in [-0.2, 0) is 15.5 Å². The van der Waals surface area contributed by atoms with Gasteiger partial charge >= 0.3 is 0 Å². The van der Waals surface area contributed by atoms with Crippen molar-refractivity contribution in [1.82, 2.24) is 10.2 Å². The van der Waals surface area contributed by atoms with Gasteiger partial charge in [-0.3, -0.25) is 4.79 Å². The Hall–Kier alpha value is -1.75. The molecule has 1 atom stereocenters. The zero-order valence-corrected chi connectivity index (χ0v) is 12.1. The quantitative estimate of drug-likeness (QED) is 0.878. The number of aromatic nitrogens is 2. The molecule has 0 saturated heterocycles. The van der Waals surface area contributed by atoms with Crippen LogP contribution in [0, 0.1) is 0 Å². The normalized spacial score (nSPS) is 13.8. The van der Waals surface area contributed by atoms with Crippen molar-refractivity contribution in [2.24, 2.45) is 5.73 Å². The topological polar surface area (TPSA) is 68.9 Å². The highest BCUT2D eigenvalue weighted by atomic mass is 79.9. The number of rotatable bonds is 4. The number of carbonyl (C=O) groups is 1. The molecule has 0 bridgehead atoms. The predicted molar refractivity (Wildman–Crippen MR) is 76.8 cm³/mol. The van der Waals surface area contributed by atoms with Crippen LogP contribution in [0.3, 0.4) is 0 Å². The number of carbonyl (C=O) groups excluding carboxylic acids is 1. The van der Waals surface area contributed by atoms with Gasteiger partial charge in [0.1, 0.15) is 4.32 Å². The molecule has 2 N–H and O–H groups in total. The first-order valence-corrected chi connectivity index (χ1v) is 6.65.